The SMILES string of the molecule is COCC1CCCC2(C1)NC(=O)C(c1c(C)cc(Cl)cc1Cl)C2=O. The Morgan fingerprint density at radius 3 is 2.75 bits per heavy atom. The summed E-state index contributed by atoms with van der Waals surface area (Å²) in [6.07, 6.45) is 3.23. The van der Waals surface area contributed by atoms with Crippen molar-refractivity contribution in [2.45, 2.75) is 44.1 Å². The van der Waals surface area contributed by atoms with Crippen LogP contribution in [0.15, 0.2) is 12.1 Å². The highest BCUT2D eigenvalue weighted by molar-refractivity contribution is 6.36. The summed E-state index contributed by atoms with van der Waals surface area (Å²) in [5, 5.41) is 3.86. The maximum Gasteiger partial charge on any atom is 0.236 e. The molecule has 4 nitrogen and oxygen atoms in total. The van der Waals surface area contributed by atoms with Crippen molar-refractivity contribution in [3.63, 3.8) is 0 Å². The van der Waals surface area contributed by atoms with Gasteiger partial charge >= 0.3 is 0 Å². The van der Waals surface area contributed by atoms with Crippen molar-refractivity contribution in [1.82, 2.24) is 5.32 Å². The van der Waals surface area contributed by atoms with E-state index in [1.165, 1.54) is 0 Å². The Morgan fingerprint density at radius 1 is 1.33 bits per heavy atom. The first-order chi connectivity index (χ1) is 11.4. The number of nitrogens with one attached hydrogen (secondary N) is 1. The number of benzene rings is 1. The van der Waals surface area contributed by atoms with Crippen LogP contribution in [-0.2, 0) is 14.3 Å². The maximum absolute atomic E-state index is 13.2. The molecule has 1 saturated heterocycles. The van der Waals surface area contributed by atoms with Gasteiger partial charge in [-0.05, 0) is 55.4 Å². The van der Waals surface area contributed by atoms with Crippen molar-refractivity contribution in [2.24, 2.45) is 5.92 Å². The topological polar surface area (TPSA) is 55.4 Å². The molecular formula is C18H21Cl2NO3. The highest BCUT2D eigenvalue weighted by Crippen LogP contribution is 2.43. The molecule has 1 aromatic rings. The molecule has 0 aromatic heterocycles. The molecule has 3 unspecified atom stereocenters. The fourth-order valence-electron chi connectivity index (χ4n) is 4.21. The molecule has 1 amide bonds. The van der Waals surface area contributed by atoms with E-state index in [1.54, 1.807) is 19.2 Å². The van der Waals surface area contributed by atoms with Crippen LogP contribution in [-0.4, -0.2) is 30.9 Å². The third-order valence-corrected chi connectivity index (χ3v) is 5.73. The highest BCUT2D eigenvalue weighted by Gasteiger charge is 2.55. The number of methoxy groups -OCH3 is 1. The second-order valence-corrected chi connectivity index (χ2v) is 7.75. The zero-order chi connectivity index (χ0) is 17.5. The molecule has 3 rings (SSSR count). The molecule has 2 fully saturated rings. The van der Waals surface area contributed by atoms with Gasteiger partial charge in [0, 0.05) is 23.8 Å². The summed E-state index contributed by atoms with van der Waals surface area (Å²) in [6, 6.07) is 3.33. The number of amides is 1. The standard InChI is InChI=1S/C18H21Cl2NO3/c1-10-6-12(19)7-13(20)14(10)15-16(22)18(21-17(15)23)5-3-4-11(8-18)9-24-2/h6-7,11,15H,3-5,8-9H2,1-2H3,(H,21,23). The molecule has 24 heavy (non-hydrogen) atoms. The summed E-state index contributed by atoms with van der Waals surface area (Å²) in [7, 11) is 1.66. The zero-order valence-corrected chi connectivity index (χ0v) is 15.3. The summed E-state index contributed by atoms with van der Waals surface area (Å²) >= 11 is 12.3. The number of halogens is 2. The first-order valence-electron chi connectivity index (χ1n) is 8.19. The number of ketones is 1. The molecule has 1 aromatic carbocycles. The van der Waals surface area contributed by atoms with Crippen molar-refractivity contribution in [3.8, 4) is 0 Å². The quantitative estimate of drug-likeness (QED) is 0.827. The Kier molecular flexibility index (Phi) is 4.92. The average Bonchev–Trinajstić information content (AvgIpc) is 2.71. The molecule has 1 heterocycles. The summed E-state index contributed by atoms with van der Waals surface area (Å²) < 4.78 is 5.25. The Morgan fingerprint density at radius 2 is 2.08 bits per heavy atom. The molecule has 6 heteroatoms. The molecule has 1 N–H and O–H groups in total. The van der Waals surface area contributed by atoms with Gasteiger partial charge in [-0.1, -0.05) is 29.6 Å². The van der Waals surface area contributed by atoms with Crippen molar-refractivity contribution in [2.75, 3.05) is 13.7 Å². The molecule has 1 saturated carbocycles. The van der Waals surface area contributed by atoms with E-state index in [0.29, 0.717) is 35.1 Å². The van der Waals surface area contributed by atoms with Crippen molar-refractivity contribution in [3.05, 3.63) is 33.3 Å². The number of carbonyl (C=O) groups excluding carboxylic acids is 2. The molecule has 1 spiro atoms. The third-order valence-electron chi connectivity index (χ3n) is 5.20. The summed E-state index contributed by atoms with van der Waals surface area (Å²) in [4.78, 5) is 25.9. The van der Waals surface area contributed by atoms with Gasteiger partial charge in [0.25, 0.3) is 0 Å². The predicted molar refractivity (Wildman–Crippen MR) is 93.7 cm³/mol. The van der Waals surface area contributed by atoms with E-state index in [4.69, 9.17) is 27.9 Å². The minimum Gasteiger partial charge on any atom is -0.384 e. The minimum absolute atomic E-state index is 0.0689. The minimum atomic E-state index is -0.851. The Balaban J connectivity index is 1.95. The van der Waals surface area contributed by atoms with Crippen LogP contribution >= 0.6 is 23.2 Å². The molecular weight excluding hydrogens is 349 g/mol. The number of ether oxygens (including phenoxy) is 1. The van der Waals surface area contributed by atoms with E-state index in [0.717, 1.165) is 18.4 Å². The molecule has 1 aliphatic heterocycles. The van der Waals surface area contributed by atoms with Crippen LogP contribution in [0.1, 0.15) is 42.7 Å². The van der Waals surface area contributed by atoms with E-state index in [-0.39, 0.29) is 17.6 Å². The number of hydrogen-bond acceptors (Lipinski definition) is 3. The normalized spacial score (nSPS) is 30.0. The lowest BCUT2D eigenvalue weighted by atomic mass is 9.72. The smallest absolute Gasteiger partial charge is 0.236 e. The van der Waals surface area contributed by atoms with Crippen LogP contribution in [0.25, 0.3) is 0 Å². The Labute approximate surface area is 151 Å². The van der Waals surface area contributed by atoms with E-state index >= 15 is 0 Å². The van der Waals surface area contributed by atoms with Crippen molar-refractivity contribution >= 4 is 34.9 Å². The van der Waals surface area contributed by atoms with Crippen molar-refractivity contribution < 1.29 is 14.3 Å². The summed E-state index contributed by atoms with van der Waals surface area (Å²) in [5.74, 6) is -0.893. The van der Waals surface area contributed by atoms with Crippen LogP contribution in [0, 0.1) is 12.8 Å². The van der Waals surface area contributed by atoms with Crippen LogP contribution in [0.4, 0.5) is 0 Å². The van der Waals surface area contributed by atoms with Gasteiger partial charge in [0.1, 0.15) is 11.5 Å². The Bertz CT molecular complexity index is 666. The van der Waals surface area contributed by atoms with E-state index in [1.807, 2.05) is 6.92 Å². The van der Waals surface area contributed by atoms with Gasteiger partial charge in [-0.25, -0.2) is 0 Å². The molecule has 0 radical (unpaired) electrons. The van der Waals surface area contributed by atoms with Crippen molar-refractivity contribution in [1.29, 1.82) is 0 Å². The number of Topliss-reactive ketones (excluding diaryl/α,β-unsaturated/α-hetero) is 1. The van der Waals surface area contributed by atoms with Crippen LogP contribution < -0.4 is 5.32 Å². The first-order valence-corrected chi connectivity index (χ1v) is 8.94. The number of rotatable bonds is 3. The average molecular weight is 370 g/mol. The van der Waals surface area contributed by atoms with E-state index < -0.39 is 11.5 Å². The number of hydrogen-bond donors (Lipinski definition) is 1. The lowest BCUT2D eigenvalue weighted by Gasteiger charge is -2.36. The van der Waals surface area contributed by atoms with Crippen LogP contribution in [0.5, 0.6) is 0 Å². The van der Waals surface area contributed by atoms with Gasteiger partial charge in [-0.15, -0.1) is 0 Å². The second-order valence-electron chi connectivity index (χ2n) is 6.90. The maximum atomic E-state index is 13.2. The number of aryl methyl sites for hydroxylation is 1. The fourth-order valence-corrected chi connectivity index (χ4v) is 4.92. The Hall–Kier alpha value is -1.10. The monoisotopic (exact) mass is 369 g/mol. The molecule has 1 aliphatic carbocycles. The molecule has 2 aliphatic rings. The summed E-state index contributed by atoms with van der Waals surface area (Å²) in [6.45, 7) is 2.43. The fraction of sp³-hybridized carbons (Fsp3) is 0.556. The van der Waals surface area contributed by atoms with Gasteiger partial charge < -0.3 is 10.1 Å². The molecule has 3 atom stereocenters. The third kappa shape index (κ3) is 2.96. The van der Waals surface area contributed by atoms with Crippen LogP contribution in [0.3, 0.4) is 0 Å². The van der Waals surface area contributed by atoms with Gasteiger partial charge in [0.15, 0.2) is 5.78 Å². The van der Waals surface area contributed by atoms with E-state index in [2.05, 4.69) is 5.32 Å². The lowest BCUT2D eigenvalue weighted by Crippen LogP contribution is -2.50. The van der Waals surface area contributed by atoms with Gasteiger partial charge in [0.2, 0.25) is 5.91 Å². The number of carbonyl (C=O) groups is 2. The van der Waals surface area contributed by atoms with E-state index in [9.17, 15) is 9.59 Å². The highest BCUT2D eigenvalue weighted by atomic mass is 35.5. The van der Waals surface area contributed by atoms with Gasteiger partial charge in [-0.2, -0.15) is 0 Å². The predicted octanol–water partition coefficient (Wildman–Crippen LogP) is 3.66. The largest absolute Gasteiger partial charge is 0.384 e. The second kappa shape index (κ2) is 6.66. The van der Waals surface area contributed by atoms with Gasteiger partial charge in [0.05, 0.1) is 0 Å². The van der Waals surface area contributed by atoms with Gasteiger partial charge in [-0.3, -0.25) is 9.59 Å². The van der Waals surface area contributed by atoms with Crippen LogP contribution in [0.2, 0.25) is 10.0 Å². The molecule has 0 bridgehead atoms. The summed E-state index contributed by atoms with van der Waals surface area (Å²) in [5.41, 5.74) is 0.565. The lowest BCUT2D eigenvalue weighted by molar-refractivity contribution is -0.126. The molecule has 130 valence electrons. The zero-order valence-electron chi connectivity index (χ0n) is 13.8. The first kappa shape index (κ1) is 17.7.